The zero-order valence-corrected chi connectivity index (χ0v) is 11.8. The van der Waals surface area contributed by atoms with Gasteiger partial charge in [0.1, 0.15) is 0 Å². The lowest BCUT2D eigenvalue weighted by Gasteiger charge is -2.34. The number of nitrogens with zero attached hydrogens (tertiary/aromatic N) is 1. The minimum atomic E-state index is -4.27. The quantitative estimate of drug-likeness (QED) is 0.677. The van der Waals surface area contributed by atoms with Gasteiger partial charge in [-0.2, -0.15) is 13.2 Å². The van der Waals surface area contributed by atoms with Crippen LogP contribution in [0.25, 0.3) is 0 Å². The first-order chi connectivity index (χ1) is 9.51. The van der Waals surface area contributed by atoms with Crippen LogP contribution in [0.2, 0.25) is 0 Å². The highest BCUT2D eigenvalue weighted by Crippen LogP contribution is 2.41. The topological polar surface area (TPSA) is 15.3 Å². The van der Waals surface area contributed by atoms with Crippen LogP contribution in [0, 0.1) is 0 Å². The SMILES string of the molecule is C=C[C@@H](c1ccccc1SC(F)(F)F)N1CCNCC1. The minimum Gasteiger partial charge on any atom is -0.314 e. The summed E-state index contributed by atoms with van der Waals surface area (Å²) >= 11 is -0.0550. The van der Waals surface area contributed by atoms with Gasteiger partial charge in [-0.05, 0) is 23.4 Å². The Labute approximate surface area is 121 Å². The predicted molar refractivity (Wildman–Crippen MR) is 75.7 cm³/mol. The number of benzene rings is 1. The maximum absolute atomic E-state index is 12.6. The van der Waals surface area contributed by atoms with Gasteiger partial charge >= 0.3 is 5.51 Å². The summed E-state index contributed by atoms with van der Waals surface area (Å²) in [6.45, 7) is 7.10. The molecule has 1 aromatic rings. The van der Waals surface area contributed by atoms with Crippen molar-refractivity contribution in [3.05, 3.63) is 42.5 Å². The van der Waals surface area contributed by atoms with E-state index in [0.29, 0.717) is 5.56 Å². The van der Waals surface area contributed by atoms with Gasteiger partial charge in [0, 0.05) is 31.1 Å². The van der Waals surface area contributed by atoms with Gasteiger partial charge in [-0.1, -0.05) is 24.3 Å². The fraction of sp³-hybridized carbons (Fsp3) is 0.429. The van der Waals surface area contributed by atoms with Crippen molar-refractivity contribution in [1.29, 1.82) is 0 Å². The molecule has 0 spiro atoms. The first-order valence-corrected chi connectivity index (χ1v) is 7.25. The summed E-state index contributed by atoms with van der Waals surface area (Å²) in [7, 11) is 0. The van der Waals surface area contributed by atoms with Crippen LogP contribution in [-0.4, -0.2) is 36.6 Å². The summed E-state index contributed by atoms with van der Waals surface area (Å²) < 4.78 is 37.9. The highest BCUT2D eigenvalue weighted by molar-refractivity contribution is 8.00. The molecule has 0 aliphatic carbocycles. The lowest BCUT2D eigenvalue weighted by Crippen LogP contribution is -2.44. The zero-order chi connectivity index (χ0) is 14.6. The molecule has 0 saturated carbocycles. The Balaban J connectivity index is 2.26. The van der Waals surface area contributed by atoms with Gasteiger partial charge in [0.25, 0.3) is 0 Å². The molecule has 110 valence electrons. The van der Waals surface area contributed by atoms with E-state index in [-0.39, 0.29) is 22.7 Å². The van der Waals surface area contributed by atoms with Crippen LogP contribution in [0.15, 0.2) is 41.8 Å². The Morgan fingerprint density at radius 3 is 2.50 bits per heavy atom. The highest BCUT2D eigenvalue weighted by Gasteiger charge is 2.32. The molecule has 1 aliphatic heterocycles. The standard InChI is InChI=1S/C14H17F3N2S/c1-2-12(19-9-7-18-8-10-19)11-5-3-4-6-13(11)20-14(15,16)17/h2-6,12,18H,1,7-10H2/t12-/m0/s1. The van der Waals surface area contributed by atoms with E-state index in [1.807, 2.05) is 0 Å². The van der Waals surface area contributed by atoms with Crippen molar-refractivity contribution in [2.24, 2.45) is 0 Å². The average molecular weight is 302 g/mol. The summed E-state index contributed by atoms with van der Waals surface area (Å²) in [6, 6.07) is 6.50. The fourth-order valence-electron chi connectivity index (χ4n) is 2.38. The van der Waals surface area contributed by atoms with Crippen LogP contribution >= 0.6 is 11.8 Å². The van der Waals surface area contributed by atoms with Crippen molar-refractivity contribution in [1.82, 2.24) is 10.2 Å². The maximum Gasteiger partial charge on any atom is 0.446 e. The van der Waals surface area contributed by atoms with E-state index in [2.05, 4.69) is 16.8 Å². The molecule has 1 aromatic carbocycles. The second-order valence-electron chi connectivity index (χ2n) is 4.55. The van der Waals surface area contributed by atoms with Crippen molar-refractivity contribution < 1.29 is 13.2 Å². The first kappa shape index (κ1) is 15.4. The van der Waals surface area contributed by atoms with Crippen LogP contribution < -0.4 is 5.32 Å². The van der Waals surface area contributed by atoms with E-state index < -0.39 is 5.51 Å². The number of hydrogen-bond acceptors (Lipinski definition) is 3. The summed E-state index contributed by atoms with van der Waals surface area (Å²) in [6.07, 6.45) is 1.72. The number of piperazine rings is 1. The Bertz CT molecular complexity index is 456. The number of alkyl halides is 3. The van der Waals surface area contributed by atoms with Crippen LogP contribution in [0.4, 0.5) is 13.2 Å². The second kappa shape index (κ2) is 6.65. The van der Waals surface area contributed by atoms with Gasteiger partial charge in [0.15, 0.2) is 0 Å². The molecule has 0 unspecified atom stereocenters. The number of rotatable bonds is 4. The lowest BCUT2D eigenvalue weighted by atomic mass is 10.0. The molecule has 2 rings (SSSR count). The van der Waals surface area contributed by atoms with Gasteiger partial charge in [-0.15, -0.1) is 6.58 Å². The van der Waals surface area contributed by atoms with Crippen molar-refractivity contribution in [3.63, 3.8) is 0 Å². The zero-order valence-electron chi connectivity index (χ0n) is 11.0. The molecule has 1 N–H and O–H groups in total. The third kappa shape index (κ3) is 4.01. The fourth-order valence-corrected chi connectivity index (χ4v) is 3.08. The van der Waals surface area contributed by atoms with Gasteiger partial charge in [-0.25, -0.2) is 0 Å². The summed E-state index contributed by atoms with van der Waals surface area (Å²) in [5, 5.41) is 3.24. The van der Waals surface area contributed by atoms with E-state index in [0.717, 1.165) is 26.2 Å². The normalized spacial score (nSPS) is 18.8. The van der Waals surface area contributed by atoms with Gasteiger partial charge in [-0.3, -0.25) is 4.90 Å². The summed E-state index contributed by atoms with van der Waals surface area (Å²) in [5.74, 6) is 0. The maximum atomic E-state index is 12.6. The highest BCUT2D eigenvalue weighted by atomic mass is 32.2. The van der Waals surface area contributed by atoms with Crippen LogP contribution in [-0.2, 0) is 0 Å². The molecule has 0 amide bonds. The van der Waals surface area contributed by atoms with Gasteiger partial charge < -0.3 is 5.32 Å². The molecule has 0 bridgehead atoms. The van der Waals surface area contributed by atoms with E-state index in [1.165, 1.54) is 6.07 Å². The van der Waals surface area contributed by atoms with Crippen molar-refractivity contribution in [3.8, 4) is 0 Å². The largest absolute Gasteiger partial charge is 0.446 e. The molecule has 1 saturated heterocycles. The van der Waals surface area contributed by atoms with Crippen LogP contribution in [0.3, 0.4) is 0 Å². The Morgan fingerprint density at radius 2 is 1.90 bits per heavy atom. The first-order valence-electron chi connectivity index (χ1n) is 6.43. The molecule has 0 radical (unpaired) electrons. The molecule has 1 aliphatic rings. The van der Waals surface area contributed by atoms with E-state index in [4.69, 9.17) is 0 Å². The smallest absolute Gasteiger partial charge is 0.314 e. The molecular formula is C14H17F3N2S. The third-order valence-corrected chi connectivity index (χ3v) is 4.05. The van der Waals surface area contributed by atoms with Crippen LogP contribution in [0.5, 0.6) is 0 Å². The van der Waals surface area contributed by atoms with Crippen LogP contribution in [0.1, 0.15) is 11.6 Å². The number of hydrogen-bond donors (Lipinski definition) is 1. The molecule has 20 heavy (non-hydrogen) atoms. The molecule has 6 heteroatoms. The van der Waals surface area contributed by atoms with Gasteiger partial charge in [0.05, 0.1) is 6.04 Å². The summed E-state index contributed by atoms with van der Waals surface area (Å²) in [5.41, 5.74) is -3.60. The Morgan fingerprint density at radius 1 is 1.25 bits per heavy atom. The summed E-state index contributed by atoms with van der Waals surface area (Å²) in [4.78, 5) is 2.41. The number of thioether (sulfide) groups is 1. The second-order valence-corrected chi connectivity index (χ2v) is 5.66. The molecule has 0 aromatic heterocycles. The molecular weight excluding hydrogens is 285 g/mol. The Kier molecular flexibility index (Phi) is 5.12. The van der Waals surface area contributed by atoms with Crippen molar-refractivity contribution >= 4 is 11.8 Å². The van der Waals surface area contributed by atoms with E-state index in [1.54, 1.807) is 24.3 Å². The predicted octanol–water partition coefficient (Wildman–Crippen LogP) is 3.43. The molecule has 1 heterocycles. The third-order valence-electron chi connectivity index (χ3n) is 3.23. The van der Waals surface area contributed by atoms with E-state index in [9.17, 15) is 13.2 Å². The number of nitrogens with one attached hydrogen (secondary N) is 1. The lowest BCUT2D eigenvalue weighted by molar-refractivity contribution is -0.0328. The van der Waals surface area contributed by atoms with Crippen molar-refractivity contribution in [2.75, 3.05) is 26.2 Å². The molecule has 2 nitrogen and oxygen atoms in total. The van der Waals surface area contributed by atoms with E-state index >= 15 is 0 Å². The Hall–Kier alpha value is -0.980. The number of halogens is 3. The average Bonchev–Trinajstić information content (AvgIpc) is 2.41. The molecule has 1 atom stereocenters. The van der Waals surface area contributed by atoms with Crippen molar-refractivity contribution in [2.45, 2.75) is 16.4 Å². The minimum absolute atomic E-state index is 0.0550. The monoisotopic (exact) mass is 302 g/mol. The van der Waals surface area contributed by atoms with Gasteiger partial charge in [0.2, 0.25) is 0 Å². The molecule has 1 fully saturated rings.